The highest BCUT2D eigenvalue weighted by molar-refractivity contribution is 6.01. The van der Waals surface area contributed by atoms with Crippen molar-refractivity contribution >= 4 is 5.78 Å². The first-order chi connectivity index (χ1) is 11.5. The molecule has 4 fully saturated rings. The topological polar surface area (TPSA) is 20.3 Å². The highest BCUT2D eigenvalue weighted by atomic mass is 16.1. The molecule has 0 aromatic carbocycles. The average molecular weight is 325 g/mol. The van der Waals surface area contributed by atoms with Crippen LogP contribution in [0.4, 0.5) is 0 Å². The summed E-state index contributed by atoms with van der Waals surface area (Å²) in [5.41, 5.74) is 2.20. The summed E-state index contributed by atoms with van der Waals surface area (Å²) in [4.78, 5) is 14.5. The van der Waals surface area contributed by atoms with E-state index in [0.717, 1.165) is 36.1 Å². The third kappa shape index (κ3) is 1.74. The zero-order chi connectivity index (χ0) is 16.7. The monoisotopic (exact) mass is 325 g/mol. The SMILES string of the molecule is C[C@H]1[C@H]2CC[C@@H]3[C@@H]4CCC5=CC(=O)C=C[C@]5(C)[C@H]4CC[C@]32CN1C. The van der Waals surface area contributed by atoms with Crippen molar-refractivity contribution in [3.63, 3.8) is 0 Å². The minimum absolute atomic E-state index is 0.159. The molecule has 0 amide bonds. The number of carbonyl (C=O) groups is 1. The molecule has 2 nitrogen and oxygen atoms in total. The molecule has 0 bridgehead atoms. The van der Waals surface area contributed by atoms with E-state index in [1.807, 2.05) is 12.2 Å². The molecule has 5 aliphatic rings. The number of fused-ring (bicyclic) bond motifs is 4. The Balaban J connectivity index is 1.51. The number of hydrogen-bond donors (Lipinski definition) is 0. The van der Waals surface area contributed by atoms with Gasteiger partial charge in [0.15, 0.2) is 5.78 Å². The summed E-state index contributed by atoms with van der Waals surface area (Å²) < 4.78 is 0. The Labute approximate surface area is 146 Å². The quantitative estimate of drug-likeness (QED) is 0.664. The van der Waals surface area contributed by atoms with Gasteiger partial charge in [0.05, 0.1) is 0 Å². The molecule has 1 aliphatic heterocycles. The number of likely N-dealkylation sites (tertiary alicyclic amines) is 1. The van der Waals surface area contributed by atoms with Crippen LogP contribution in [0.1, 0.15) is 52.4 Å². The van der Waals surface area contributed by atoms with Gasteiger partial charge in [-0.25, -0.2) is 0 Å². The third-order valence-electron chi connectivity index (χ3n) is 9.16. The molecule has 1 heterocycles. The van der Waals surface area contributed by atoms with E-state index in [9.17, 15) is 4.79 Å². The fraction of sp³-hybridized carbons (Fsp3) is 0.773. The predicted octanol–water partition coefficient (Wildman–Crippen LogP) is 4.22. The molecule has 130 valence electrons. The van der Waals surface area contributed by atoms with Crippen molar-refractivity contribution in [2.24, 2.45) is 34.5 Å². The third-order valence-corrected chi connectivity index (χ3v) is 9.16. The van der Waals surface area contributed by atoms with Gasteiger partial charge >= 0.3 is 0 Å². The lowest BCUT2D eigenvalue weighted by Crippen LogP contribution is -2.51. The van der Waals surface area contributed by atoms with Gasteiger partial charge in [0.25, 0.3) is 0 Å². The molecule has 1 saturated heterocycles. The van der Waals surface area contributed by atoms with Crippen molar-refractivity contribution < 1.29 is 4.79 Å². The first-order valence-corrected chi connectivity index (χ1v) is 10.1. The summed E-state index contributed by atoms with van der Waals surface area (Å²) in [5, 5.41) is 0. The minimum atomic E-state index is 0.159. The summed E-state index contributed by atoms with van der Waals surface area (Å²) in [6.45, 7) is 6.22. The van der Waals surface area contributed by atoms with Crippen LogP contribution in [0.3, 0.4) is 0 Å². The van der Waals surface area contributed by atoms with Crippen LogP contribution in [0.2, 0.25) is 0 Å². The lowest BCUT2D eigenvalue weighted by Gasteiger charge is -2.57. The molecule has 4 aliphatic carbocycles. The van der Waals surface area contributed by atoms with E-state index in [-0.39, 0.29) is 11.2 Å². The summed E-state index contributed by atoms with van der Waals surface area (Å²) >= 11 is 0. The molecular formula is C22H31NO. The maximum absolute atomic E-state index is 11.9. The van der Waals surface area contributed by atoms with Gasteiger partial charge < -0.3 is 4.90 Å². The van der Waals surface area contributed by atoms with E-state index in [0.29, 0.717) is 5.41 Å². The molecular weight excluding hydrogens is 294 g/mol. The van der Waals surface area contributed by atoms with Gasteiger partial charge in [-0.15, -0.1) is 0 Å². The molecule has 0 radical (unpaired) electrons. The second-order valence-corrected chi connectivity index (χ2v) is 9.71. The molecule has 24 heavy (non-hydrogen) atoms. The Morgan fingerprint density at radius 2 is 1.92 bits per heavy atom. The van der Waals surface area contributed by atoms with E-state index in [1.54, 1.807) is 0 Å². The van der Waals surface area contributed by atoms with Gasteiger partial charge in [0.2, 0.25) is 0 Å². The molecule has 5 rings (SSSR count). The van der Waals surface area contributed by atoms with Crippen molar-refractivity contribution in [2.45, 2.75) is 58.4 Å². The zero-order valence-corrected chi connectivity index (χ0v) is 15.4. The summed E-state index contributed by atoms with van der Waals surface area (Å²) in [6, 6.07) is 0.772. The number of hydrogen-bond acceptors (Lipinski definition) is 2. The van der Waals surface area contributed by atoms with Gasteiger partial charge in [-0.05, 0) is 93.7 Å². The van der Waals surface area contributed by atoms with Gasteiger partial charge in [0.1, 0.15) is 0 Å². The van der Waals surface area contributed by atoms with Gasteiger partial charge in [0, 0.05) is 18.0 Å². The Morgan fingerprint density at radius 1 is 1.12 bits per heavy atom. The van der Waals surface area contributed by atoms with E-state index in [2.05, 4.69) is 31.9 Å². The average Bonchev–Trinajstić information content (AvgIpc) is 3.03. The molecule has 7 atom stereocenters. The van der Waals surface area contributed by atoms with Crippen molar-refractivity contribution in [1.82, 2.24) is 4.90 Å². The number of ketones is 1. The van der Waals surface area contributed by atoms with Crippen molar-refractivity contribution in [3.8, 4) is 0 Å². The van der Waals surface area contributed by atoms with Gasteiger partial charge in [-0.2, -0.15) is 0 Å². The molecule has 3 saturated carbocycles. The molecule has 1 spiro atoms. The highest BCUT2D eigenvalue weighted by Gasteiger charge is 2.63. The fourth-order valence-electron chi connectivity index (χ4n) is 8.00. The molecule has 0 unspecified atom stereocenters. The van der Waals surface area contributed by atoms with E-state index in [1.165, 1.54) is 44.2 Å². The summed E-state index contributed by atoms with van der Waals surface area (Å²) in [6.07, 6.45) is 14.3. The van der Waals surface area contributed by atoms with Crippen LogP contribution in [-0.2, 0) is 4.79 Å². The van der Waals surface area contributed by atoms with Crippen LogP contribution < -0.4 is 0 Å². The summed E-state index contributed by atoms with van der Waals surface area (Å²) in [7, 11) is 2.35. The first kappa shape index (κ1) is 15.4. The second-order valence-electron chi connectivity index (χ2n) is 9.71. The highest BCUT2D eigenvalue weighted by Crippen LogP contribution is 2.68. The minimum Gasteiger partial charge on any atom is -0.303 e. The van der Waals surface area contributed by atoms with Crippen LogP contribution in [0.15, 0.2) is 23.8 Å². The number of rotatable bonds is 0. The van der Waals surface area contributed by atoms with Crippen molar-refractivity contribution in [3.05, 3.63) is 23.8 Å². The number of carbonyl (C=O) groups excluding carboxylic acids is 1. The van der Waals surface area contributed by atoms with E-state index >= 15 is 0 Å². The van der Waals surface area contributed by atoms with Crippen LogP contribution in [0, 0.1) is 34.5 Å². The lowest BCUT2D eigenvalue weighted by atomic mass is 9.47. The molecule has 0 aromatic heterocycles. The Bertz CT molecular complexity index is 648. The standard InChI is InChI=1S/C22H31NO/c1-14-18-6-7-20-17-5-4-15-12-16(24)8-10-21(15,2)19(17)9-11-22(18,20)13-23(14)3/h8,10,12,14,17-20H,4-7,9,11,13H2,1-3H3/t14-,17+,18+,19-,20+,21-,22+/m0/s1. The van der Waals surface area contributed by atoms with E-state index in [4.69, 9.17) is 0 Å². The smallest absolute Gasteiger partial charge is 0.178 e. The molecule has 2 heteroatoms. The Kier molecular flexibility index (Phi) is 3.10. The summed E-state index contributed by atoms with van der Waals surface area (Å²) in [5.74, 6) is 3.71. The lowest BCUT2D eigenvalue weighted by molar-refractivity contribution is -0.111. The fourth-order valence-corrected chi connectivity index (χ4v) is 8.00. The second kappa shape index (κ2) is 4.84. The Hall–Kier alpha value is -0.890. The first-order valence-electron chi connectivity index (χ1n) is 10.1. The largest absolute Gasteiger partial charge is 0.303 e. The van der Waals surface area contributed by atoms with E-state index < -0.39 is 0 Å². The van der Waals surface area contributed by atoms with Crippen molar-refractivity contribution in [1.29, 1.82) is 0 Å². The van der Waals surface area contributed by atoms with Gasteiger partial charge in [-0.1, -0.05) is 18.6 Å². The number of nitrogens with zero attached hydrogens (tertiary/aromatic N) is 1. The van der Waals surface area contributed by atoms with Crippen molar-refractivity contribution in [2.75, 3.05) is 13.6 Å². The van der Waals surface area contributed by atoms with Crippen LogP contribution in [0.5, 0.6) is 0 Å². The molecule has 0 N–H and O–H groups in total. The normalized spacial score (nSPS) is 53.2. The maximum Gasteiger partial charge on any atom is 0.178 e. The zero-order valence-electron chi connectivity index (χ0n) is 15.4. The number of allylic oxidation sites excluding steroid dienone is 4. The maximum atomic E-state index is 11.9. The Morgan fingerprint density at radius 3 is 2.75 bits per heavy atom. The van der Waals surface area contributed by atoms with Crippen LogP contribution in [0.25, 0.3) is 0 Å². The predicted molar refractivity (Wildman–Crippen MR) is 96.5 cm³/mol. The van der Waals surface area contributed by atoms with Crippen LogP contribution in [-0.4, -0.2) is 30.3 Å². The van der Waals surface area contributed by atoms with Crippen LogP contribution >= 0.6 is 0 Å². The van der Waals surface area contributed by atoms with Gasteiger partial charge in [-0.3, -0.25) is 4.79 Å². The molecule has 0 aromatic rings.